The molecule has 10 heteroatoms. The van der Waals surface area contributed by atoms with E-state index in [1.165, 1.54) is 0 Å². The lowest BCUT2D eigenvalue weighted by Crippen LogP contribution is -2.19. The van der Waals surface area contributed by atoms with Gasteiger partial charge >= 0.3 is 6.03 Å². The Kier molecular flexibility index (Phi) is 7.22. The van der Waals surface area contributed by atoms with Crippen molar-refractivity contribution < 1.29 is 4.79 Å². The van der Waals surface area contributed by atoms with Crippen molar-refractivity contribution in [2.45, 2.75) is 6.54 Å². The average Bonchev–Trinajstić information content (AvgIpc) is 3.24. The van der Waals surface area contributed by atoms with Gasteiger partial charge in [-0.15, -0.1) is 0 Å². The van der Waals surface area contributed by atoms with Crippen LogP contribution in [0.1, 0.15) is 5.56 Å². The molecule has 3 aromatic carbocycles. The number of amides is 2. The zero-order valence-corrected chi connectivity index (χ0v) is 22.6. The molecule has 0 fully saturated rings. The van der Waals surface area contributed by atoms with Crippen molar-refractivity contribution >= 4 is 72.3 Å². The summed E-state index contributed by atoms with van der Waals surface area (Å²) in [6.45, 7) is 0.501. The van der Waals surface area contributed by atoms with Crippen LogP contribution < -0.4 is 16.0 Å². The third kappa shape index (κ3) is 5.53. The molecule has 180 valence electrons. The van der Waals surface area contributed by atoms with E-state index < -0.39 is 0 Å². The van der Waals surface area contributed by atoms with Crippen LogP contribution in [0.15, 0.2) is 94.0 Å². The van der Waals surface area contributed by atoms with Gasteiger partial charge in [-0.3, -0.25) is 0 Å². The van der Waals surface area contributed by atoms with Crippen LogP contribution in [0, 0.1) is 0 Å². The first-order valence-electron chi connectivity index (χ1n) is 10.9. The number of nitrogens with zero attached hydrogens (tertiary/aromatic N) is 3. The molecular weight excluding hydrogens is 608 g/mol. The van der Waals surface area contributed by atoms with Crippen LogP contribution in [0.5, 0.6) is 0 Å². The zero-order chi connectivity index (χ0) is 25.1. The molecule has 0 aliphatic carbocycles. The van der Waals surface area contributed by atoms with Crippen LogP contribution in [0.4, 0.5) is 22.0 Å². The van der Waals surface area contributed by atoms with E-state index in [4.69, 9.17) is 16.6 Å². The maximum atomic E-state index is 12.4. The van der Waals surface area contributed by atoms with Crippen LogP contribution >= 0.6 is 43.5 Å². The van der Waals surface area contributed by atoms with Gasteiger partial charge in [-0.1, -0.05) is 63.9 Å². The normalized spacial score (nSPS) is 10.9. The molecule has 2 heterocycles. The first-order chi connectivity index (χ1) is 17.5. The summed E-state index contributed by atoms with van der Waals surface area (Å²) in [7, 11) is 0. The summed E-state index contributed by atoms with van der Waals surface area (Å²) in [4.78, 5) is 17.2. The Morgan fingerprint density at radius 1 is 0.917 bits per heavy atom. The van der Waals surface area contributed by atoms with Gasteiger partial charge < -0.3 is 16.0 Å². The van der Waals surface area contributed by atoms with E-state index >= 15 is 0 Å². The number of halogens is 3. The second-order valence-corrected chi connectivity index (χ2v) is 10.1. The Morgan fingerprint density at radius 3 is 2.44 bits per heavy atom. The van der Waals surface area contributed by atoms with Crippen molar-refractivity contribution in [3.05, 3.63) is 105 Å². The number of fused-ring (bicyclic) bond motifs is 1. The lowest BCUT2D eigenvalue weighted by molar-refractivity contribution is 0.262. The molecule has 0 saturated carbocycles. The highest BCUT2D eigenvalue weighted by Gasteiger charge is 2.13. The molecule has 5 aromatic rings. The molecule has 0 unspecified atom stereocenters. The van der Waals surface area contributed by atoms with Crippen molar-refractivity contribution in [3.8, 4) is 11.3 Å². The van der Waals surface area contributed by atoms with E-state index in [1.807, 2.05) is 78.9 Å². The highest BCUT2D eigenvalue weighted by Crippen LogP contribution is 2.30. The van der Waals surface area contributed by atoms with Gasteiger partial charge in [0.2, 0.25) is 0 Å². The molecule has 0 aliphatic heterocycles. The van der Waals surface area contributed by atoms with E-state index in [9.17, 15) is 4.79 Å². The van der Waals surface area contributed by atoms with Gasteiger partial charge in [-0.2, -0.15) is 9.61 Å². The van der Waals surface area contributed by atoms with Crippen LogP contribution in [0.25, 0.3) is 16.9 Å². The van der Waals surface area contributed by atoms with E-state index in [0.717, 1.165) is 31.6 Å². The van der Waals surface area contributed by atoms with Gasteiger partial charge in [0.05, 0.1) is 16.4 Å². The van der Waals surface area contributed by atoms with E-state index in [0.29, 0.717) is 28.6 Å². The zero-order valence-electron chi connectivity index (χ0n) is 18.7. The second-order valence-electron chi connectivity index (χ2n) is 7.88. The van der Waals surface area contributed by atoms with Gasteiger partial charge in [0.1, 0.15) is 5.82 Å². The Hall–Kier alpha value is -3.40. The Morgan fingerprint density at radius 2 is 1.67 bits per heavy atom. The number of carbonyl (C=O) groups excluding carboxylic acids is 1. The average molecular weight is 627 g/mol. The first-order valence-corrected chi connectivity index (χ1v) is 12.9. The quantitative estimate of drug-likeness (QED) is 0.179. The maximum absolute atomic E-state index is 12.4. The molecule has 2 aromatic heterocycles. The summed E-state index contributed by atoms with van der Waals surface area (Å²) in [5.41, 5.74) is 4.60. The summed E-state index contributed by atoms with van der Waals surface area (Å²) in [5.74, 6) is 0.756. The fraction of sp³-hybridized carbons (Fsp3) is 0.0385. The summed E-state index contributed by atoms with van der Waals surface area (Å²) in [6.07, 6.45) is 1.71. The molecular formula is C26H19Br2ClN6O. The van der Waals surface area contributed by atoms with Crippen molar-refractivity contribution in [1.29, 1.82) is 0 Å². The minimum atomic E-state index is -0.320. The molecule has 0 saturated heterocycles. The van der Waals surface area contributed by atoms with Crippen molar-refractivity contribution in [3.63, 3.8) is 0 Å². The third-order valence-corrected chi connectivity index (χ3v) is 6.70. The number of nitrogens with one attached hydrogen (secondary N) is 3. The SMILES string of the molecule is O=C(Nc1cccc(Br)c1)Nc1cccc(CNc2cc(-c3ccccc3Cl)nc3c(Br)cnn23)c1. The minimum absolute atomic E-state index is 0.320. The lowest BCUT2D eigenvalue weighted by Gasteiger charge is -2.13. The predicted octanol–water partition coefficient (Wildman–Crippen LogP) is 7.83. The summed E-state index contributed by atoms with van der Waals surface area (Å²) in [6, 6.07) is 24.2. The molecule has 0 aliphatic rings. The Balaban J connectivity index is 1.34. The summed E-state index contributed by atoms with van der Waals surface area (Å²) in [5, 5.41) is 14.2. The number of hydrogen-bond acceptors (Lipinski definition) is 4. The third-order valence-electron chi connectivity index (χ3n) is 5.32. The van der Waals surface area contributed by atoms with Gasteiger partial charge in [0, 0.05) is 39.0 Å². The number of urea groups is 1. The molecule has 0 radical (unpaired) electrons. The molecule has 0 bridgehead atoms. The molecule has 0 atom stereocenters. The smallest absolute Gasteiger partial charge is 0.323 e. The molecule has 2 amide bonds. The summed E-state index contributed by atoms with van der Waals surface area (Å²) >= 11 is 13.4. The molecule has 0 spiro atoms. The molecule has 7 nitrogen and oxygen atoms in total. The second kappa shape index (κ2) is 10.7. The van der Waals surface area contributed by atoms with Gasteiger partial charge in [-0.25, -0.2) is 9.78 Å². The van der Waals surface area contributed by atoms with Crippen LogP contribution in [-0.4, -0.2) is 20.6 Å². The summed E-state index contributed by atoms with van der Waals surface area (Å²) < 4.78 is 3.40. The lowest BCUT2D eigenvalue weighted by atomic mass is 10.1. The largest absolute Gasteiger partial charge is 0.366 e. The van der Waals surface area contributed by atoms with Crippen LogP contribution in [0.3, 0.4) is 0 Å². The first kappa shape index (κ1) is 24.3. The molecule has 5 rings (SSSR count). The fourth-order valence-electron chi connectivity index (χ4n) is 3.68. The highest BCUT2D eigenvalue weighted by molar-refractivity contribution is 9.11. The monoisotopic (exact) mass is 624 g/mol. The van der Waals surface area contributed by atoms with Gasteiger partial charge in [0.15, 0.2) is 5.65 Å². The molecule has 36 heavy (non-hydrogen) atoms. The topological polar surface area (TPSA) is 83.4 Å². The number of anilines is 3. The highest BCUT2D eigenvalue weighted by atomic mass is 79.9. The maximum Gasteiger partial charge on any atom is 0.323 e. The minimum Gasteiger partial charge on any atom is -0.366 e. The number of rotatable bonds is 6. The number of benzene rings is 3. The fourth-order valence-corrected chi connectivity index (χ4v) is 4.66. The van der Waals surface area contributed by atoms with Crippen LogP contribution in [-0.2, 0) is 6.54 Å². The number of hydrogen-bond donors (Lipinski definition) is 3. The number of aromatic nitrogens is 3. The standard InChI is InChI=1S/C26H19Br2ClN6O/c27-17-6-4-8-19(12-17)33-26(36)32-18-7-3-5-16(11-18)14-30-24-13-23(20-9-1-2-10-22(20)29)34-25-21(28)15-31-35(24)25/h1-13,15,30H,14H2,(H2,32,33,36). The van der Waals surface area contributed by atoms with E-state index in [1.54, 1.807) is 10.7 Å². The van der Waals surface area contributed by atoms with Gasteiger partial charge in [0.25, 0.3) is 0 Å². The van der Waals surface area contributed by atoms with Crippen molar-refractivity contribution in [2.75, 3.05) is 16.0 Å². The number of carbonyl (C=O) groups is 1. The van der Waals surface area contributed by atoms with Gasteiger partial charge in [-0.05, 0) is 57.9 Å². The predicted molar refractivity (Wildman–Crippen MR) is 152 cm³/mol. The Labute approximate surface area is 229 Å². The Bertz CT molecular complexity index is 1570. The molecule has 3 N–H and O–H groups in total. The van der Waals surface area contributed by atoms with Crippen LogP contribution in [0.2, 0.25) is 5.02 Å². The van der Waals surface area contributed by atoms with E-state index in [-0.39, 0.29) is 6.03 Å². The van der Waals surface area contributed by atoms with Crippen molar-refractivity contribution in [1.82, 2.24) is 14.6 Å². The van der Waals surface area contributed by atoms with E-state index in [2.05, 4.69) is 52.9 Å². The van der Waals surface area contributed by atoms with Crippen molar-refractivity contribution in [2.24, 2.45) is 0 Å².